The number of benzene rings is 2. The van der Waals surface area contributed by atoms with E-state index in [-0.39, 0.29) is 16.9 Å². The van der Waals surface area contributed by atoms with Gasteiger partial charge in [-0.15, -0.1) is 0 Å². The zero-order valence-corrected chi connectivity index (χ0v) is 18.0. The van der Waals surface area contributed by atoms with Gasteiger partial charge < -0.3 is 9.47 Å². The lowest BCUT2D eigenvalue weighted by Crippen LogP contribution is -2.31. The summed E-state index contributed by atoms with van der Waals surface area (Å²) in [6, 6.07) is 10.3. The summed E-state index contributed by atoms with van der Waals surface area (Å²) >= 11 is 3.32. The number of aryl methyl sites for hydroxylation is 1. The molecule has 2 aromatic rings. The predicted octanol–water partition coefficient (Wildman–Crippen LogP) is 3.13. The van der Waals surface area contributed by atoms with Crippen molar-refractivity contribution in [3.63, 3.8) is 0 Å². The molecule has 1 atom stereocenters. The number of nitrogens with one attached hydrogen (secondary N) is 1. The van der Waals surface area contributed by atoms with Gasteiger partial charge in [0.25, 0.3) is 0 Å². The smallest absolute Gasteiger partial charge is 0.337 e. The van der Waals surface area contributed by atoms with Crippen LogP contribution in [0.15, 0.2) is 51.8 Å². The van der Waals surface area contributed by atoms with E-state index in [1.165, 1.54) is 32.4 Å². The van der Waals surface area contributed by atoms with Crippen molar-refractivity contribution in [3.05, 3.63) is 63.6 Å². The molecule has 0 aliphatic heterocycles. The molecule has 0 spiro atoms. The summed E-state index contributed by atoms with van der Waals surface area (Å²) in [7, 11) is -1.48. The Morgan fingerprint density at radius 1 is 1.07 bits per heavy atom. The predicted molar refractivity (Wildman–Crippen MR) is 106 cm³/mol. The molecule has 0 aliphatic carbocycles. The second-order valence-corrected chi connectivity index (χ2v) is 8.58. The van der Waals surface area contributed by atoms with E-state index < -0.39 is 28.0 Å². The highest BCUT2D eigenvalue weighted by Crippen LogP contribution is 2.24. The van der Waals surface area contributed by atoms with Gasteiger partial charge in [0.05, 0.1) is 37.1 Å². The van der Waals surface area contributed by atoms with E-state index in [4.69, 9.17) is 0 Å². The monoisotopic (exact) mass is 469 g/mol. The summed E-state index contributed by atoms with van der Waals surface area (Å²) in [6.45, 7) is 1.58. The van der Waals surface area contributed by atoms with Crippen molar-refractivity contribution in [2.24, 2.45) is 0 Å². The highest BCUT2D eigenvalue weighted by atomic mass is 79.9. The van der Waals surface area contributed by atoms with Crippen molar-refractivity contribution in [3.8, 4) is 0 Å². The van der Waals surface area contributed by atoms with Crippen LogP contribution in [0.3, 0.4) is 0 Å². The maximum Gasteiger partial charge on any atom is 0.337 e. The Labute approximate surface area is 172 Å². The fraction of sp³-hybridized carbons (Fsp3) is 0.263. The summed E-state index contributed by atoms with van der Waals surface area (Å²) in [6.07, 6.45) is -0.170. The lowest BCUT2D eigenvalue weighted by Gasteiger charge is -2.19. The van der Waals surface area contributed by atoms with Gasteiger partial charge in [-0.05, 0) is 48.4 Å². The molecule has 150 valence electrons. The van der Waals surface area contributed by atoms with Crippen LogP contribution in [0.1, 0.15) is 33.9 Å². The number of hydrogen-bond donors (Lipinski definition) is 1. The van der Waals surface area contributed by atoms with Gasteiger partial charge in [0.1, 0.15) is 0 Å². The third-order valence-electron chi connectivity index (χ3n) is 4.05. The van der Waals surface area contributed by atoms with Crippen molar-refractivity contribution < 1.29 is 27.5 Å². The molecule has 0 amide bonds. The van der Waals surface area contributed by atoms with Crippen LogP contribution in [0.2, 0.25) is 0 Å². The number of carbonyl (C=O) groups excluding carboxylic acids is 2. The van der Waals surface area contributed by atoms with Gasteiger partial charge in [0, 0.05) is 4.47 Å². The molecule has 0 fully saturated rings. The fourth-order valence-electron chi connectivity index (χ4n) is 2.62. The largest absolute Gasteiger partial charge is 0.469 e. The van der Waals surface area contributed by atoms with Crippen LogP contribution in [-0.4, -0.2) is 34.6 Å². The van der Waals surface area contributed by atoms with E-state index in [1.54, 1.807) is 31.2 Å². The third-order valence-corrected chi connectivity index (χ3v) is 6.21. The van der Waals surface area contributed by atoms with Gasteiger partial charge in [-0.1, -0.05) is 28.1 Å². The first-order valence-corrected chi connectivity index (χ1v) is 10.5. The molecule has 2 aromatic carbocycles. The van der Waals surface area contributed by atoms with Crippen LogP contribution in [-0.2, 0) is 24.3 Å². The van der Waals surface area contributed by atoms with E-state index in [0.29, 0.717) is 11.1 Å². The molecule has 0 heterocycles. The maximum absolute atomic E-state index is 12.9. The number of rotatable bonds is 7. The summed E-state index contributed by atoms with van der Waals surface area (Å²) in [4.78, 5) is 23.4. The van der Waals surface area contributed by atoms with Gasteiger partial charge in [0.15, 0.2) is 0 Å². The number of halogens is 1. The first kappa shape index (κ1) is 22.1. The molecule has 7 nitrogen and oxygen atoms in total. The molecule has 28 heavy (non-hydrogen) atoms. The Bertz CT molecular complexity index is 972. The second kappa shape index (κ2) is 9.31. The van der Waals surface area contributed by atoms with Crippen LogP contribution < -0.4 is 4.72 Å². The number of hydrogen-bond acceptors (Lipinski definition) is 6. The molecule has 1 N–H and O–H groups in total. The molecule has 0 aromatic heterocycles. The lowest BCUT2D eigenvalue weighted by molar-refractivity contribution is -0.141. The quantitative estimate of drug-likeness (QED) is 0.625. The van der Waals surface area contributed by atoms with E-state index in [9.17, 15) is 18.0 Å². The molecule has 0 saturated carbocycles. The number of esters is 2. The molecule has 0 radical (unpaired) electrons. The summed E-state index contributed by atoms with van der Waals surface area (Å²) in [5.74, 6) is -1.10. The minimum atomic E-state index is -3.97. The standard InChI is InChI=1S/C19H20BrNO6S/c1-12-10-14(19(23)27-3)6-9-17(12)28(24,25)21-16(11-18(22)26-2)13-4-7-15(20)8-5-13/h4-10,16,21H,11H2,1-3H3. The molecular formula is C19H20BrNO6S. The average molecular weight is 470 g/mol. The Morgan fingerprint density at radius 3 is 2.25 bits per heavy atom. The molecule has 0 aliphatic rings. The minimum Gasteiger partial charge on any atom is -0.469 e. The van der Waals surface area contributed by atoms with E-state index >= 15 is 0 Å². The zero-order valence-electron chi connectivity index (χ0n) is 15.6. The molecule has 0 saturated heterocycles. The van der Waals surface area contributed by atoms with Gasteiger partial charge in [-0.2, -0.15) is 0 Å². The normalized spacial score (nSPS) is 12.3. The van der Waals surface area contributed by atoms with E-state index in [2.05, 4.69) is 30.1 Å². The highest BCUT2D eigenvalue weighted by Gasteiger charge is 2.26. The zero-order chi connectivity index (χ0) is 20.9. The molecular weight excluding hydrogens is 450 g/mol. The topological polar surface area (TPSA) is 98.8 Å². The number of methoxy groups -OCH3 is 2. The Balaban J connectivity index is 2.37. The average Bonchev–Trinajstić information content (AvgIpc) is 2.66. The van der Waals surface area contributed by atoms with Gasteiger partial charge >= 0.3 is 11.9 Å². The Morgan fingerprint density at radius 2 is 1.71 bits per heavy atom. The summed E-state index contributed by atoms with van der Waals surface area (Å²) in [5, 5.41) is 0. The molecule has 9 heteroatoms. The second-order valence-electron chi connectivity index (χ2n) is 5.98. The minimum absolute atomic E-state index is 0.00660. The number of carbonyl (C=O) groups is 2. The summed E-state index contributed by atoms with van der Waals surface area (Å²) < 4.78 is 38.6. The Hall–Kier alpha value is -2.23. The van der Waals surface area contributed by atoms with Gasteiger partial charge in [-0.3, -0.25) is 4.79 Å². The van der Waals surface area contributed by atoms with Gasteiger partial charge in [0.2, 0.25) is 10.0 Å². The molecule has 2 rings (SSSR count). The first-order valence-electron chi connectivity index (χ1n) is 8.21. The van der Waals surface area contributed by atoms with Crippen LogP contribution in [0, 0.1) is 6.92 Å². The van der Waals surface area contributed by atoms with Crippen LogP contribution in [0.25, 0.3) is 0 Å². The fourth-order valence-corrected chi connectivity index (χ4v) is 4.33. The lowest BCUT2D eigenvalue weighted by atomic mass is 10.1. The van der Waals surface area contributed by atoms with Crippen molar-refractivity contribution in [2.45, 2.75) is 24.3 Å². The van der Waals surface area contributed by atoms with Gasteiger partial charge in [-0.25, -0.2) is 17.9 Å². The Kier molecular flexibility index (Phi) is 7.34. The van der Waals surface area contributed by atoms with Crippen molar-refractivity contribution in [1.29, 1.82) is 0 Å². The van der Waals surface area contributed by atoms with Crippen molar-refractivity contribution in [1.82, 2.24) is 4.72 Å². The van der Waals surface area contributed by atoms with E-state index in [0.717, 1.165) is 4.47 Å². The maximum atomic E-state index is 12.9. The van der Waals surface area contributed by atoms with Crippen LogP contribution in [0.5, 0.6) is 0 Å². The highest BCUT2D eigenvalue weighted by molar-refractivity contribution is 9.10. The molecule has 1 unspecified atom stereocenters. The SMILES string of the molecule is COC(=O)CC(NS(=O)(=O)c1ccc(C(=O)OC)cc1C)c1ccc(Br)cc1. The van der Waals surface area contributed by atoms with Crippen molar-refractivity contribution in [2.75, 3.05) is 14.2 Å². The number of ether oxygens (including phenoxy) is 2. The summed E-state index contributed by atoms with van der Waals surface area (Å²) in [5.41, 5.74) is 1.24. The van der Waals surface area contributed by atoms with Crippen LogP contribution in [0.4, 0.5) is 0 Å². The number of sulfonamides is 1. The van der Waals surface area contributed by atoms with E-state index in [1.807, 2.05) is 0 Å². The molecule has 0 bridgehead atoms. The third kappa shape index (κ3) is 5.40. The van der Waals surface area contributed by atoms with Crippen molar-refractivity contribution >= 4 is 37.9 Å². The van der Waals surface area contributed by atoms with Crippen LogP contribution >= 0.6 is 15.9 Å². The first-order chi connectivity index (χ1) is 13.2.